The number of hydrogen-bond acceptors (Lipinski definition) is 3. The molecule has 0 spiro atoms. The third kappa shape index (κ3) is 6.24. The number of carbonyl (C=O) groups excluding carboxylic acids is 2. The molecular weight excluding hydrogens is 278 g/mol. The highest BCUT2D eigenvalue weighted by Gasteiger charge is 2.18. The molecule has 0 saturated carbocycles. The quantitative estimate of drug-likeness (QED) is 0.657. The predicted molar refractivity (Wildman–Crippen MR) is 87.4 cm³/mol. The summed E-state index contributed by atoms with van der Waals surface area (Å²) >= 11 is 0. The van der Waals surface area contributed by atoms with Crippen molar-refractivity contribution in [3.05, 3.63) is 30.1 Å². The number of pyridine rings is 1. The summed E-state index contributed by atoms with van der Waals surface area (Å²) in [4.78, 5) is 31.7. The maximum atomic E-state index is 12.2. The highest BCUT2D eigenvalue weighted by Crippen LogP contribution is 2.03. The molecule has 0 aliphatic carbocycles. The van der Waals surface area contributed by atoms with Crippen LogP contribution < -0.4 is 0 Å². The highest BCUT2D eigenvalue weighted by atomic mass is 16.2. The number of amides is 2. The molecule has 2 amide bonds. The van der Waals surface area contributed by atoms with Gasteiger partial charge in [-0.3, -0.25) is 14.6 Å². The van der Waals surface area contributed by atoms with Gasteiger partial charge in [-0.15, -0.1) is 0 Å². The molecular formula is C17H27N3O2. The lowest BCUT2D eigenvalue weighted by molar-refractivity contribution is -0.140. The summed E-state index contributed by atoms with van der Waals surface area (Å²) in [6.07, 6.45) is 6.05. The minimum atomic E-state index is -0.115. The number of nitrogens with zero attached hydrogens (tertiary/aromatic N) is 3. The van der Waals surface area contributed by atoms with Crippen LogP contribution in [0.5, 0.6) is 0 Å². The van der Waals surface area contributed by atoms with Crippen molar-refractivity contribution in [1.29, 1.82) is 0 Å². The number of aromatic nitrogens is 1. The summed E-state index contributed by atoms with van der Waals surface area (Å²) in [6, 6.07) is 3.88. The van der Waals surface area contributed by atoms with E-state index in [1.165, 1.54) is 0 Å². The first kappa shape index (κ1) is 18.1. The predicted octanol–water partition coefficient (Wildman–Crippen LogP) is 2.12. The molecule has 0 aliphatic heterocycles. The Morgan fingerprint density at radius 3 is 2.14 bits per heavy atom. The van der Waals surface area contributed by atoms with Crippen molar-refractivity contribution in [2.45, 2.75) is 39.5 Å². The van der Waals surface area contributed by atoms with E-state index in [0.717, 1.165) is 37.9 Å². The number of hydrogen-bond donors (Lipinski definition) is 0. The SMILES string of the molecule is CCCN(CCC)C(=O)CC(=O)N(C)CCc1ccncc1. The van der Waals surface area contributed by atoms with Gasteiger partial charge in [0.1, 0.15) is 6.42 Å². The van der Waals surface area contributed by atoms with Gasteiger partial charge in [0, 0.05) is 39.1 Å². The van der Waals surface area contributed by atoms with Crippen LogP contribution in [0.4, 0.5) is 0 Å². The van der Waals surface area contributed by atoms with Crippen molar-refractivity contribution in [2.24, 2.45) is 0 Å². The van der Waals surface area contributed by atoms with Crippen LogP contribution in [0, 0.1) is 0 Å². The monoisotopic (exact) mass is 305 g/mol. The third-order valence-electron chi connectivity index (χ3n) is 3.55. The van der Waals surface area contributed by atoms with Gasteiger partial charge in [-0.2, -0.15) is 0 Å². The maximum absolute atomic E-state index is 12.2. The number of carbonyl (C=O) groups is 2. The van der Waals surface area contributed by atoms with E-state index in [4.69, 9.17) is 0 Å². The fourth-order valence-electron chi connectivity index (χ4n) is 2.25. The molecule has 0 bridgehead atoms. The van der Waals surface area contributed by atoms with Gasteiger partial charge in [0.25, 0.3) is 0 Å². The molecule has 0 radical (unpaired) electrons. The minimum absolute atomic E-state index is 0.0349. The van der Waals surface area contributed by atoms with Crippen LogP contribution in [-0.2, 0) is 16.0 Å². The first-order chi connectivity index (χ1) is 10.6. The van der Waals surface area contributed by atoms with Gasteiger partial charge in [0.05, 0.1) is 0 Å². The second-order valence-corrected chi connectivity index (χ2v) is 5.48. The first-order valence-corrected chi connectivity index (χ1v) is 7.99. The van der Waals surface area contributed by atoms with Crippen molar-refractivity contribution in [1.82, 2.24) is 14.8 Å². The smallest absolute Gasteiger partial charge is 0.232 e. The van der Waals surface area contributed by atoms with Gasteiger partial charge in [-0.05, 0) is 37.0 Å². The molecule has 0 unspecified atom stereocenters. The average molecular weight is 305 g/mol. The Bertz CT molecular complexity index is 456. The van der Waals surface area contributed by atoms with E-state index < -0.39 is 0 Å². The summed E-state index contributed by atoms with van der Waals surface area (Å²) < 4.78 is 0. The Morgan fingerprint density at radius 1 is 1.00 bits per heavy atom. The van der Waals surface area contributed by atoms with Crippen LogP contribution in [0.2, 0.25) is 0 Å². The average Bonchev–Trinajstić information content (AvgIpc) is 2.53. The van der Waals surface area contributed by atoms with Crippen LogP contribution >= 0.6 is 0 Å². The molecule has 0 atom stereocenters. The number of likely N-dealkylation sites (N-methyl/N-ethyl adjacent to an activating group) is 1. The lowest BCUT2D eigenvalue weighted by Crippen LogP contribution is -2.38. The Morgan fingerprint density at radius 2 is 1.59 bits per heavy atom. The standard InChI is InChI=1S/C17H27N3O2/c1-4-11-20(12-5-2)17(22)14-16(21)19(3)13-8-15-6-9-18-10-7-15/h6-7,9-10H,4-5,8,11-14H2,1-3H3. The molecule has 0 fully saturated rings. The number of rotatable bonds is 9. The van der Waals surface area contributed by atoms with Gasteiger partial charge in [-0.25, -0.2) is 0 Å². The van der Waals surface area contributed by atoms with Gasteiger partial charge in [-0.1, -0.05) is 13.8 Å². The first-order valence-electron chi connectivity index (χ1n) is 7.99. The molecule has 0 aliphatic rings. The molecule has 1 rings (SSSR count). The molecule has 122 valence electrons. The summed E-state index contributed by atoms with van der Waals surface area (Å²) in [6.45, 7) is 6.14. The molecule has 0 saturated heterocycles. The van der Waals surface area contributed by atoms with Gasteiger partial charge < -0.3 is 9.80 Å². The van der Waals surface area contributed by atoms with Gasteiger partial charge in [0.15, 0.2) is 0 Å². The van der Waals surface area contributed by atoms with E-state index in [0.29, 0.717) is 6.54 Å². The second-order valence-electron chi connectivity index (χ2n) is 5.48. The van der Waals surface area contributed by atoms with Crippen LogP contribution in [0.1, 0.15) is 38.7 Å². The zero-order chi connectivity index (χ0) is 16.4. The van der Waals surface area contributed by atoms with Crippen molar-refractivity contribution in [2.75, 3.05) is 26.7 Å². The van der Waals surface area contributed by atoms with E-state index in [1.54, 1.807) is 29.2 Å². The van der Waals surface area contributed by atoms with Crippen LogP contribution in [-0.4, -0.2) is 53.3 Å². The fraction of sp³-hybridized carbons (Fsp3) is 0.588. The van der Waals surface area contributed by atoms with Crippen LogP contribution in [0.15, 0.2) is 24.5 Å². The van der Waals surface area contributed by atoms with Crippen molar-refractivity contribution in [3.63, 3.8) is 0 Å². The maximum Gasteiger partial charge on any atom is 0.232 e. The van der Waals surface area contributed by atoms with E-state index in [9.17, 15) is 9.59 Å². The summed E-state index contributed by atoms with van der Waals surface area (Å²) in [5.41, 5.74) is 1.14. The topological polar surface area (TPSA) is 53.5 Å². The zero-order valence-electron chi connectivity index (χ0n) is 13.9. The van der Waals surface area contributed by atoms with Crippen molar-refractivity contribution >= 4 is 11.8 Å². The van der Waals surface area contributed by atoms with E-state index in [1.807, 2.05) is 26.0 Å². The van der Waals surface area contributed by atoms with Gasteiger partial charge >= 0.3 is 0 Å². The van der Waals surface area contributed by atoms with E-state index in [2.05, 4.69) is 4.98 Å². The summed E-state index contributed by atoms with van der Waals surface area (Å²) in [5.74, 6) is -0.180. The van der Waals surface area contributed by atoms with Crippen molar-refractivity contribution < 1.29 is 9.59 Å². The zero-order valence-corrected chi connectivity index (χ0v) is 13.9. The molecule has 0 N–H and O–H groups in total. The Hall–Kier alpha value is -1.91. The van der Waals surface area contributed by atoms with E-state index in [-0.39, 0.29) is 18.2 Å². The Balaban J connectivity index is 2.43. The molecule has 1 aromatic heterocycles. The Kier molecular flexibility index (Phi) is 8.18. The summed E-state index contributed by atoms with van der Waals surface area (Å²) in [5, 5.41) is 0. The van der Waals surface area contributed by atoms with E-state index >= 15 is 0 Å². The molecule has 1 aromatic rings. The normalized spacial score (nSPS) is 10.3. The highest BCUT2D eigenvalue weighted by molar-refractivity contribution is 5.96. The van der Waals surface area contributed by atoms with Gasteiger partial charge in [0.2, 0.25) is 11.8 Å². The minimum Gasteiger partial charge on any atom is -0.345 e. The molecule has 5 heteroatoms. The summed E-state index contributed by atoms with van der Waals surface area (Å²) in [7, 11) is 1.75. The molecule has 22 heavy (non-hydrogen) atoms. The lowest BCUT2D eigenvalue weighted by atomic mass is 10.2. The largest absolute Gasteiger partial charge is 0.345 e. The van der Waals surface area contributed by atoms with Crippen molar-refractivity contribution in [3.8, 4) is 0 Å². The van der Waals surface area contributed by atoms with Crippen LogP contribution in [0.3, 0.4) is 0 Å². The fourth-order valence-corrected chi connectivity index (χ4v) is 2.25. The second kappa shape index (κ2) is 9.92. The molecule has 5 nitrogen and oxygen atoms in total. The molecule has 1 heterocycles. The molecule has 0 aromatic carbocycles. The van der Waals surface area contributed by atoms with Crippen LogP contribution in [0.25, 0.3) is 0 Å². The Labute approximate surface area is 133 Å². The lowest BCUT2D eigenvalue weighted by Gasteiger charge is -2.23. The third-order valence-corrected chi connectivity index (χ3v) is 3.55.